The molecule has 0 radical (unpaired) electrons. The monoisotopic (exact) mass is 190 g/mol. The van der Waals surface area contributed by atoms with Gasteiger partial charge in [0.1, 0.15) is 0 Å². The van der Waals surface area contributed by atoms with Gasteiger partial charge in [-0.2, -0.15) is 17.2 Å². The summed E-state index contributed by atoms with van der Waals surface area (Å²) < 4.78 is 3.16. The molecule has 5 nitrogen and oxygen atoms in total. The predicted molar refractivity (Wildman–Crippen MR) is 26.4 cm³/mol. The van der Waals surface area contributed by atoms with Crippen molar-refractivity contribution in [1.29, 1.82) is 0 Å². The number of hydrogen-bond donors (Lipinski definition) is 0. The Hall–Kier alpha value is 2.19. The van der Waals surface area contributed by atoms with Gasteiger partial charge in [0.25, 0.3) is 0 Å². The Morgan fingerprint density at radius 1 is 0.778 bits per heavy atom. The summed E-state index contributed by atoms with van der Waals surface area (Å²) in [6.07, 6.45) is 0. The second-order valence-corrected chi connectivity index (χ2v) is 2.08. The van der Waals surface area contributed by atoms with Gasteiger partial charge >= 0.3 is 46.1 Å². The first-order valence-electron chi connectivity index (χ1n) is 1.10. The summed E-state index contributed by atoms with van der Waals surface area (Å²) in [5.41, 5.74) is 0. The third kappa shape index (κ3) is 17.8. The molecule has 0 saturated carbocycles. The van der Waals surface area contributed by atoms with Crippen molar-refractivity contribution >= 4 is 63.3 Å². The average Bonchev–Trinajstić information content (AvgIpc) is 1.27. The van der Waals surface area contributed by atoms with Crippen LogP contribution in [-0.2, 0) is 4.31 Å². The van der Waals surface area contributed by atoms with Crippen LogP contribution in [-0.4, -0.2) is 46.1 Å². The van der Waals surface area contributed by atoms with E-state index in [1.54, 1.807) is 0 Å². The smallest absolute Gasteiger partial charge is 0.820 e. The van der Waals surface area contributed by atoms with E-state index in [9.17, 15) is 19.6 Å². The molecular formula is Mg2O5P2. The Labute approximate surface area is 86.7 Å². The van der Waals surface area contributed by atoms with Gasteiger partial charge in [-0.25, -0.2) is 0 Å². The molecule has 0 aromatic carbocycles. The van der Waals surface area contributed by atoms with Crippen LogP contribution in [0.3, 0.4) is 0 Å². The van der Waals surface area contributed by atoms with Crippen molar-refractivity contribution in [2.75, 3.05) is 0 Å². The molecule has 0 aromatic heterocycles. The fourth-order valence-electron chi connectivity index (χ4n) is 0.0544. The van der Waals surface area contributed by atoms with Crippen molar-refractivity contribution in [2.24, 2.45) is 0 Å². The molecule has 0 aliphatic carbocycles. The van der Waals surface area contributed by atoms with Crippen molar-refractivity contribution in [3.8, 4) is 0 Å². The topological polar surface area (TPSA) is 101 Å². The Morgan fingerprint density at radius 2 is 1.00 bits per heavy atom. The van der Waals surface area contributed by atoms with Gasteiger partial charge in [0, 0.05) is 0 Å². The first-order chi connectivity index (χ1) is 3.13. The molecule has 0 amide bonds. The predicted octanol–water partition coefficient (Wildman–Crippen LogP) is -3.86. The van der Waals surface area contributed by atoms with Crippen LogP contribution in [0.25, 0.3) is 0 Å². The molecule has 9 heteroatoms. The van der Waals surface area contributed by atoms with Crippen LogP contribution in [0.5, 0.6) is 0 Å². The van der Waals surface area contributed by atoms with Gasteiger partial charge in [-0.05, 0) is 0 Å². The van der Waals surface area contributed by atoms with E-state index in [1.165, 1.54) is 0 Å². The summed E-state index contributed by atoms with van der Waals surface area (Å²) in [4.78, 5) is 37.0. The molecule has 0 bridgehead atoms. The van der Waals surface area contributed by atoms with Crippen molar-refractivity contribution in [2.45, 2.75) is 0 Å². The van der Waals surface area contributed by atoms with Crippen LogP contribution in [0, 0.1) is 0 Å². The molecule has 0 heterocycles. The van der Waals surface area contributed by atoms with Gasteiger partial charge in [-0.1, -0.05) is 0 Å². The summed E-state index contributed by atoms with van der Waals surface area (Å²) in [6.45, 7) is 0. The molecule has 0 spiro atoms. The normalized spacial score (nSPS) is 8.67. The summed E-state index contributed by atoms with van der Waals surface area (Å²) in [5, 5.41) is 0. The van der Waals surface area contributed by atoms with E-state index in [0.29, 0.717) is 0 Å². The zero-order valence-electron chi connectivity index (χ0n) is 4.35. The van der Waals surface area contributed by atoms with Crippen molar-refractivity contribution in [3.05, 3.63) is 0 Å². The minimum atomic E-state index is -3.24. The summed E-state index contributed by atoms with van der Waals surface area (Å²) in [7, 11) is -6.47. The van der Waals surface area contributed by atoms with E-state index < -0.39 is 17.2 Å². The van der Waals surface area contributed by atoms with E-state index in [1.807, 2.05) is 0 Å². The maximum atomic E-state index is 9.24. The minimum absolute atomic E-state index is 0. The second kappa shape index (κ2) is 10.2. The molecular weight excluding hydrogens is 191 g/mol. The van der Waals surface area contributed by atoms with Gasteiger partial charge in [0.05, 0.1) is 0 Å². The molecule has 0 fully saturated rings. The Morgan fingerprint density at radius 3 is 1.00 bits per heavy atom. The molecule has 0 aromatic rings. The molecule has 0 aliphatic rings. The quantitative estimate of drug-likeness (QED) is 0.328. The van der Waals surface area contributed by atoms with Crippen LogP contribution in [0.1, 0.15) is 0 Å². The molecule has 44 valence electrons. The minimum Gasteiger partial charge on any atom is -0.820 e. The van der Waals surface area contributed by atoms with E-state index in [4.69, 9.17) is 0 Å². The Bertz CT molecular complexity index is 42.2. The zero-order valence-corrected chi connectivity index (χ0v) is 8.97. The van der Waals surface area contributed by atoms with Gasteiger partial charge in [0.15, 0.2) is 0 Å². The largest absolute Gasteiger partial charge is 2.00 e. The third-order valence-electron chi connectivity index (χ3n) is 0.133. The summed E-state index contributed by atoms with van der Waals surface area (Å²) in [5.74, 6) is 0. The summed E-state index contributed by atoms with van der Waals surface area (Å²) in [6, 6.07) is 0. The van der Waals surface area contributed by atoms with E-state index in [2.05, 4.69) is 4.31 Å². The first kappa shape index (κ1) is 17.3. The SMILES string of the molecule is [Mg+2].[Mg+2].[O-]P([O-])OP([O-])[O-]. The standard InChI is InChI=1S/2Mg.O5P2/c;;1-6(2)5-7(3)4/q2*+2;-4. The molecule has 0 unspecified atom stereocenters. The van der Waals surface area contributed by atoms with Crippen LogP contribution in [0.15, 0.2) is 0 Å². The van der Waals surface area contributed by atoms with Crippen LogP contribution >= 0.6 is 17.2 Å². The molecule has 0 aliphatic heterocycles. The van der Waals surface area contributed by atoms with Crippen LogP contribution < -0.4 is 19.6 Å². The zero-order chi connectivity index (χ0) is 5.86. The van der Waals surface area contributed by atoms with E-state index in [0.717, 1.165) is 0 Å². The van der Waals surface area contributed by atoms with E-state index >= 15 is 0 Å². The number of hydrogen-bond acceptors (Lipinski definition) is 5. The third-order valence-corrected chi connectivity index (χ3v) is 1.20. The molecule has 0 N–H and O–H groups in total. The average molecular weight is 191 g/mol. The fraction of sp³-hybridized carbons (Fsp3) is 0. The molecule has 0 rings (SSSR count). The Kier molecular flexibility index (Phi) is 19.6. The molecule has 9 heavy (non-hydrogen) atoms. The first-order valence-corrected chi connectivity index (χ1v) is 3.29. The maximum Gasteiger partial charge on any atom is 2.00 e. The van der Waals surface area contributed by atoms with Crippen molar-refractivity contribution in [1.82, 2.24) is 0 Å². The van der Waals surface area contributed by atoms with Crippen LogP contribution in [0.2, 0.25) is 0 Å². The van der Waals surface area contributed by atoms with Gasteiger partial charge in [-0.3, -0.25) is 0 Å². The van der Waals surface area contributed by atoms with Crippen LogP contribution in [0.4, 0.5) is 0 Å². The molecule has 0 saturated heterocycles. The van der Waals surface area contributed by atoms with Crippen molar-refractivity contribution < 1.29 is 23.9 Å². The second-order valence-electron chi connectivity index (χ2n) is 0.529. The summed E-state index contributed by atoms with van der Waals surface area (Å²) >= 11 is 0. The van der Waals surface area contributed by atoms with Gasteiger partial charge < -0.3 is 23.9 Å². The fourth-order valence-corrected chi connectivity index (χ4v) is 0.490. The van der Waals surface area contributed by atoms with Gasteiger partial charge in [-0.15, -0.1) is 0 Å². The number of rotatable bonds is 2. The molecule has 0 atom stereocenters. The van der Waals surface area contributed by atoms with Crippen molar-refractivity contribution in [3.63, 3.8) is 0 Å². The maximum absolute atomic E-state index is 9.24. The van der Waals surface area contributed by atoms with Gasteiger partial charge in [0.2, 0.25) is 0 Å². The Balaban J connectivity index is -0.000000180. The van der Waals surface area contributed by atoms with E-state index in [-0.39, 0.29) is 46.1 Å².